The van der Waals surface area contributed by atoms with E-state index in [1.54, 1.807) is 0 Å². The summed E-state index contributed by atoms with van der Waals surface area (Å²) in [6.07, 6.45) is 56.9. The smallest absolute Gasteiger partial charge is 0.462 e. The lowest BCUT2D eigenvalue weighted by Gasteiger charge is -2.21. The first kappa shape index (κ1) is 98.1. The van der Waals surface area contributed by atoms with Crippen LogP contribution in [0.25, 0.3) is 0 Å². The summed E-state index contributed by atoms with van der Waals surface area (Å²) in [5.41, 5.74) is 0. The van der Waals surface area contributed by atoms with Crippen molar-refractivity contribution in [1.82, 2.24) is 0 Å². The number of ether oxygens (including phenoxy) is 4. The van der Waals surface area contributed by atoms with Gasteiger partial charge in [0.15, 0.2) is 12.2 Å². The molecule has 0 heterocycles. The lowest BCUT2D eigenvalue weighted by molar-refractivity contribution is -0.161. The Balaban J connectivity index is 5.24. The first-order valence-electron chi connectivity index (χ1n) is 41.7. The highest BCUT2D eigenvalue weighted by Gasteiger charge is 2.30. The van der Waals surface area contributed by atoms with Crippen molar-refractivity contribution in [2.45, 2.75) is 433 Å². The Hall–Kier alpha value is -1.94. The molecule has 0 amide bonds. The van der Waals surface area contributed by atoms with Crippen LogP contribution in [-0.4, -0.2) is 96.7 Å². The number of carbonyl (C=O) groups is 4. The molecule has 0 fully saturated rings. The molecule has 0 aromatic rings. The van der Waals surface area contributed by atoms with Crippen LogP contribution in [0.3, 0.4) is 0 Å². The minimum atomic E-state index is -4.96. The molecule has 4 unspecified atom stereocenters. The Morgan fingerprint density at radius 1 is 0.280 bits per heavy atom. The Bertz CT molecular complexity index is 1960. The van der Waals surface area contributed by atoms with Crippen molar-refractivity contribution in [2.75, 3.05) is 39.6 Å². The van der Waals surface area contributed by atoms with Crippen molar-refractivity contribution >= 4 is 39.5 Å². The van der Waals surface area contributed by atoms with E-state index in [1.807, 2.05) is 0 Å². The summed E-state index contributed by atoms with van der Waals surface area (Å²) in [5, 5.41) is 10.6. The summed E-state index contributed by atoms with van der Waals surface area (Å²) in [4.78, 5) is 73.0. The van der Waals surface area contributed by atoms with Gasteiger partial charge >= 0.3 is 39.5 Å². The number of rotatable bonds is 78. The molecule has 0 bridgehead atoms. The lowest BCUT2D eigenvalue weighted by atomic mass is 9.99. The van der Waals surface area contributed by atoms with E-state index < -0.39 is 97.5 Å². The monoisotopic (exact) mass is 1470 g/mol. The molecular weight excluding hydrogens is 1310 g/mol. The van der Waals surface area contributed by atoms with Gasteiger partial charge in [0.2, 0.25) is 0 Å². The van der Waals surface area contributed by atoms with Crippen LogP contribution < -0.4 is 0 Å². The van der Waals surface area contributed by atoms with E-state index in [2.05, 4.69) is 55.4 Å². The first-order chi connectivity index (χ1) is 48.1. The average molecular weight is 1470 g/mol. The predicted octanol–water partition coefficient (Wildman–Crippen LogP) is 24.0. The number of unbranched alkanes of at least 4 members (excludes halogenated alkanes) is 43. The summed E-state index contributed by atoms with van der Waals surface area (Å²) in [6.45, 7) is 14.3. The molecule has 0 aliphatic heterocycles. The van der Waals surface area contributed by atoms with Crippen LogP contribution in [0.15, 0.2) is 0 Å². The van der Waals surface area contributed by atoms with Crippen LogP contribution in [0.2, 0.25) is 0 Å². The molecule has 3 N–H and O–H groups in total. The molecule has 0 saturated heterocycles. The summed E-state index contributed by atoms with van der Waals surface area (Å²) < 4.78 is 68.7. The SMILES string of the molecule is CCC(C)CCCCCCCCCCCCCCCCC(=O)O[C@H](COC(=O)CCCCCCCCCCCCCCCCCCC(C)C)COP(=O)(O)OCC(O)COP(=O)(O)OC[C@@H](COC(=O)CCCCCCCCCCC(C)C)OC(=O)CCCCCCCCCCCC(C)C. The standard InChI is InChI=1S/C81H158O17P2/c1-9-74(8)60-52-44-36-27-21-17-14-15-19-23-29-39-47-55-63-80(85)97-76(67-91-78(83)61-53-45-37-28-22-18-13-11-10-12-16-20-25-33-41-49-57-71(2)3)69-95-99(87,88)93-65-75(82)66-94-100(89,90)96-70-77(68-92-79(84)62-54-46-38-32-31-35-43-51-59-73(6)7)98-81(86)64-56-48-40-30-24-26-34-42-50-58-72(4)5/h71-77,82H,9-70H2,1-8H3,(H,87,88)(H,89,90)/t74?,75?,76-,77-/m1/s1. The van der Waals surface area contributed by atoms with Gasteiger partial charge in [0.1, 0.15) is 19.3 Å². The van der Waals surface area contributed by atoms with E-state index >= 15 is 0 Å². The van der Waals surface area contributed by atoms with Crippen LogP contribution in [0.4, 0.5) is 0 Å². The molecule has 0 radical (unpaired) electrons. The highest BCUT2D eigenvalue weighted by Crippen LogP contribution is 2.45. The van der Waals surface area contributed by atoms with Crippen molar-refractivity contribution in [3.63, 3.8) is 0 Å². The fourth-order valence-electron chi connectivity index (χ4n) is 12.4. The third-order valence-corrected chi connectivity index (χ3v) is 21.1. The molecular formula is C81H158O17P2. The largest absolute Gasteiger partial charge is 0.472 e. The van der Waals surface area contributed by atoms with E-state index in [-0.39, 0.29) is 25.7 Å². The average Bonchev–Trinajstić information content (AvgIpc) is 1.14. The molecule has 100 heavy (non-hydrogen) atoms. The molecule has 594 valence electrons. The van der Waals surface area contributed by atoms with E-state index in [1.165, 1.54) is 218 Å². The second kappa shape index (κ2) is 70.1. The molecule has 17 nitrogen and oxygen atoms in total. The number of hydrogen-bond donors (Lipinski definition) is 3. The molecule has 0 rings (SSSR count). The van der Waals surface area contributed by atoms with Gasteiger partial charge in [-0.1, -0.05) is 364 Å². The predicted molar refractivity (Wildman–Crippen MR) is 409 cm³/mol. The molecule has 0 aromatic heterocycles. The summed E-state index contributed by atoms with van der Waals surface area (Å²) in [7, 11) is -9.92. The number of hydrogen-bond acceptors (Lipinski definition) is 15. The zero-order chi connectivity index (χ0) is 73.8. The highest BCUT2D eigenvalue weighted by molar-refractivity contribution is 7.47. The van der Waals surface area contributed by atoms with Gasteiger partial charge in [0.05, 0.1) is 26.4 Å². The number of phosphoric acid groups is 2. The van der Waals surface area contributed by atoms with Gasteiger partial charge in [-0.2, -0.15) is 0 Å². The number of carbonyl (C=O) groups excluding carboxylic acids is 4. The van der Waals surface area contributed by atoms with Gasteiger partial charge in [-0.15, -0.1) is 0 Å². The maximum Gasteiger partial charge on any atom is 0.472 e. The van der Waals surface area contributed by atoms with Crippen molar-refractivity contribution < 1.29 is 80.2 Å². The minimum absolute atomic E-state index is 0.105. The van der Waals surface area contributed by atoms with E-state index in [9.17, 15) is 43.2 Å². The maximum absolute atomic E-state index is 13.1. The van der Waals surface area contributed by atoms with Gasteiger partial charge < -0.3 is 33.8 Å². The van der Waals surface area contributed by atoms with Crippen LogP contribution in [-0.2, 0) is 65.4 Å². The Morgan fingerprint density at radius 3 is 0.710 bits per heavy atom. The van der Waals surface area contributed by atoms with Gasteiger partial charge in [0.25, 0.3) is 0 Å². The number of aliphatic hydroxyl groups excluding tert-OH is 1. The molecule has 0 saturated carbocycles. The molecule has 0 spiro atoms. The third kappa shape index (κ3) is 73.0. The Labute approximate surface area is 613 Å². The highest BCUT2D eigenvalue weighted by atomic mass is 31.2. The Morgan fingerprint density at radius 2 is 0.480 bits per heavy atom. The van der Waals surface area contributed by atoms with Crippen molar-refractivity contribution in [1.29, 1.82) is 0 Å². The summed E-state index contributed by atoms with van der Waals surface area (Å²) in [5.74, 6) is 1.01. The van der Waals surface area contributed by atoms with Crippen LogP contribution in [0.5, 0.6) is 0 Å². The van der Waals surface area contributed by atoms with E-state index in [0.29, 0.717) is 25.7 Å². The quantitative estimate of drug-likeness (QED) is 0.0222. The topological polar surface area (TPSA) is 237 Å². The number of aliphatic hydroxyl groups is 1. The lowest BCUT2D eigenvalue weighted by Crippen LogP contribution is -2.30. The Kier molecular flexibility index (Phi) is 68.7. The zero-order valence-corrected chi connectivity index (χ0v) is 67.6. The van der Waals surface area contributed by atoms with Crippen molar-refractivity contribution in [3.8, 4) is 0 Å². The van der Waals surface area contributed by atoms with Crippen LogP contribution in [0, 0.1) is 23.7 Å². The van der Waals surface area contributed by atoms with Gasteiger partial charge in [-0.3, -0.25) is 37.3 Å². The molecule has 0 aliphatic rings. The first-order valence-corrected chi connectivity index (χ1v) is 44.7. The molecule has 19 heteroatoms. The second-order valence-electron chi connectivity index (χ2n) is 30.8. The fraction of sp³-hybridized carbons (Fsp3) is 0.951. The fourth-order valence-corrected chi connectivity index (χ4v) is 14.0. The normalized spacial score (nSPS) is 14.3. The van der Waals surface area contributed by atoms with Gasteiger partial charge in [-0.25, -0.2) is 9.13 Å². The minimum Gasteiger partial charge on any atom is -0.462 e. The molecule has 0 aliphatic carbocycles. The summed E-state index contributed by atoms with van der Waals surface area (Å²) in [6, 6.07) is 0. The van der Waals surface area contributed by atoms with Crippen LogP contribution in [0.1, 0.15) is 415 Å². The number of esters is 4. The summed E-state index contributed by atoms with van der Waals surface area (Å²) >= 11 is 0. The maximum atomic E-state index is 13.1. The molecule has 6 atom stereocenters. The molecule has 0 aromatic carbocycles. The van der Waals surface area contributed by atoms with E-state index in [0.717, 1.165) is 114 Å². The van der Waals surface area contributed by atoms with E-state index in [4.69, 9.17) is 37.0 Å². The zero-order valence-electron chi connectivity index (χ0n) is 65.8. The third-order valence-electron chi connectivity index (χ3n) is 19.2. The van der Waals surface area contributed by atoms with Crippen LogP contribution >= 0.6 is 15.6 Å². The number of phosphoric ester groups is 2. The van der Waals surface area contributed by atoms with Crippen molar-refractivity contribution in [2.24, 2.45) is 23.7 Å². The van der Waals surface area contributed by atoms with Gasteiger partial charge in [0, 0.05) is 25.7 Å². The van der Waals surface area contributed by atoms with Gasteiger partial charge in [-0.05, 0) is 49.4 Å². The second-order valence-corrected chi connectivity index (χ2v) is 33.7. The van der Waals surface area contributed by atoms with Crippen molar-refractivity contribution in [3.05, 3.63) is 0 Å².